The van der Waals surface area contributed by atoms with E-state index in [0.717, 1.165) is 11.1 Å². The summed E-state index contributed by atoms with van der Waals surface area (Å²) in [6.45, 7) is 0.405. The first-order valence-electron chi connectivity index (χ1n) is 7.19. The van der Waals surface area contributed by atoms with Gasteiger partial charge in [0.05, 0.1) is 18.3 Å². The van der Waals surface area contributed by atoms with Crippen molar-refractivity contribution in [3.63, 3.8) is 0 Å². The zero-order chi connectivity index (χ0) is 17.4. The van der Waals surface area contributed by atoms with E-state index in [4.69, 9.17) is 33.3 Å². The van der Waals surface area contributed by atoms with E-state index >= 15 is 0 Å². The zero-order valence-corrected chi connectivity index (χ0v) is 14.9. The average molecular weight is 364 g/mol. The van der Waals surface area contributed by atoms with Crippen molar-refractivity contribution in [2.75, 3.05) is 14.2 Å². The molecule has 24 heavy (non-hydrogen) atoms. The molecule has 0 amide bonds. The fourth-order valence-electron chi connectivity index (χ4n) is 1.91. The van der Waals surface area contributed by atoms with Crippen molar-refractivity contribution in [2.24, 2.45) is 5.10 Å². The second-order valence-corrected chi connectivity index (χ2v) is 5.57. The summed E-state index contributed by atoms with van der Waals surface area (Å²) in [7, 11) is 3.28. The molecule has 0 aliphatic rings. The van der Waals surface area contributed by atoms with Crippen molar-refractivity contribution in [3.8, 4) is 11.5 Å². The van der Waals surface area contributed by atoms with Crippen molar-refractivity contribution in [2.45, 2.75) is 6.61 Å². The summed E-state index contributed by atoms with van der Waals surface area (Å²) < 4.78 is 11.2. The first kappa shape index (κ1) is 18.0. The number of thiocarbonyl (C=S) groups is 1. The van der Waals surface area contributed by atoms with Gasteiger partial charge in [0.15, 0.2) is 16.6 Å². The normalized spacial score (nSPS) is 10.5. The summed E-state index contributed by atoms with van der Waals surface area (Å²) in [5.74, 6) is 1.04. The van der Waals surface area contributed by atoms with Crippen LogP contribution in [0.15, 0.2) is 47.6 Å². The fraction of sp³-hybridized carbons (Fsp3) is 0.176. The third-order valence-corrected chi connectivity index (χ3v) is 3.66. The monoisotopic (exact) mass is 363 g/mol. The lowest BCUT2D eigenvalue weighted by Gasteiger charge is -2.13. The van der Waals surface area contributed by atoms with Crippen LogP contribution in [0, 0.1) is 0 Å². The minimum Gasteiger partial charge on any atom is -0.493 e. The summed E-state index contributed by atoms with van der Waals surface area (Å²) in [6.07, 6.45) is 1.60. The van der Waals surface area contributed by atoms with Gasteiger partial charge in [-0.25, -0.2) is 0 Å². The van der Waals surface area contributed by atoms with Crippen molar-refractivity contribution < 1.29 is 9.47 Å². The molecular formula is C17H18ClN3O2S. The molecule has 0 aliphatic carbocycles. The van der Waals surface area contributed by atoms with Crippen molar-refractivity contribution in [3.05, 3.63) is 58.6 Å². The van der Waals surface area contributed by atoms with E-state index < -0.39 is 0 Å². The highest BCUT2D eigenvalue weighted by molar-refractivity contribution is 7.80. The van der Waals surface area contributed by atoms with Gasteiger partial charge in [-0.2, -0.15) is 5.10 Å². The van der Waals surface area contributed by atoms with Gasteiger partial charge < -0.3 is 14.8 Å². The Morgan fingerprint density at radius 3 is 2.71 bits per heavy atom. The van der Waals surface area contributed by atoms with E-state index in [0.29, 0.717) is 28.2 Å². The molecule has 0 spiro atoms. The minimum absolute atomic E-state index is 0.405. The Morgan fingerprint density at radius 2 is 2.04 bits per heavy atom. The van der Waals surface area contributed by atoms with Gasteiger partial charge in [-0.15, -0.1) is 0 Å². The van der Waals surface area contributed by atoms with E-state index in [1.54, 1.807) is 32.5 Å². The summed E-state index contributed by atoms with van der Waals surface area (Å²) in [5.41, 5.74) is 4.48. The van der Waals surface area contributed by atoms with Crippen LogP contribution in [0.25, 0.3) is 0 Å². The van der Waals surface area contributed by atoms with Crippen LogP contribution in [0.5, 0.6) is 11.5 Å². The number of methoxy groups -OCH3 is 1. The maximum atomic E-state index is 6.32. The molecular weight excluding hydrogens is 346 g/mol. The molecule has 0 radical (unpaired) electrons. The lowest BCUT2D eigenvalue weighted by Crippen LogP contribution is -2.28. The summed E-state index contributed by atoms with van der Waals surface area (Å²) >= 11 is 11.3. The standard InChI is InChI=1S/C17H18ClN3O2S/c1-19-17(24)21-20-10-13-8-14(18)16(15(9-13)22-2)23-11-12-6-4-3-5-7-12/h3-10H,11H2,1-2H3,(H2,19,21,24). The van der Waals surface area contributed by atoms with Gasteiger partial charge in [0, 0.05) is 7.05 Å². The SMILES string of the molecule is CNC(=S)NN=Cc1cc(Cl)c(OCc2ccccc2)c(OC)c1. The fourth-order valence-corrected chi connectivity index (χ4v) is 2.23. The number of benzene rings is 2. The first-order valence-corrected chi connectivity index (χ1v) is 7.97. The van der Waals surface area contributed by atoms with Gasteiger partial charge in [-0.1, -0.05) is 41.9 Å². The summed E-state index contributed by atoms with van der Waals surface area (Å²) in [6, 6.07) is 13.4. The molecule has 0 fully saturated rings. The van der Waals surface area contributed by atoms with Gasteiger partial charge in [-0.05, 0) is 35.5 Å². The van der Waals surface area contributed by atoms with Crippen LogP contribution < -0.4 is 20.2 Å². The van der Waals surface area contributed by atoms with Crippen LogP contribution in [0.3, 0.4) is 0 Å². The molecule has 0 aliphatic heterocycles. The highest BCUT2D eigenvalue weighted by Gasteiger charge is 2.11. The summed E-state index contributed by atoms with van der Waals surface area (Å²) in [5, 5.41) is 7.65. The van der Waals surface area contributed by atoms with Crippen molar-refractivity contribution >= 4 is 35.1 Å². The predicted octanol–water partition coefficient (Wildman–Crippen LogP) is 3.36. The molecule has 0 aromatic heterocycles. The number of hydrogen-bond acceptors (Lipinski definition) is 4. The largest absolute Gasteiger partial charge is 0.493 e. The van der Waals surface area contributed by atoms with Gasteiger partial charge >= 0.3 is 0 Å². The van der Waals surface area contributed by atoms with Gasteiger partial charge in [0.1, 0.15) is 6.61 Å². The molecule has 0 bridgehead atoms. The molecule has 0 heterocycles. The lowest BCUT2D eigenvalue weighted by molar-refractivity contribution is 0.284. The van der Waals surface area contributed by atoms with Crippen LogP contribution in [0.4, 0.5) is 0 Å². The second kappa shape index (κ2) is 9.10. The molecule has 2 N–H and O–H groups in total. The number of nitrogens with one attached hydrogen (secondary N) is 2. The van der Waals surface area contributed by atoms with E-state index in [1.165, 1.54) is 0 Å². The molecule has 5 nitrogen and oxygen atoms in total. The molecule has 0 saturated carbocycles. The predicted molar refractivity (Wildman–Crippen MR) is 101 cm³/mol. The molecule has 0 saturated heterocycles. The van der Waals surface area contributed by atoms with Crippen LogP contribution in [0.2, 0.25) is 5.02 Å². The smallest absolute Gasteiger partial charge is 0.186 e. The average Bonchev–Trinajstić information content (AvgIpc) is 2.61. The Kier molecular flexibility index (Phi) is 6.84. The third kappa shape index (κ3) is 5.11. The van der Waals surface area contributed by atoms with E-state index in [2.05, 4.69) is 15.8 Å². The molecule has 2 aromatic carbocycles. The quantitative estimate of drug-likeness (QED) is 0.468. The second-order valence-electron chi connectivity index (χ2n) is 4.76. The molecule has 0 atom stereocenters. The van der Waals surface area contributed by atoms with E-state index in [1.807, 2.05) is 30.3 Å². The zero-order valence-electron chi connectivity index (χ0n) is 13.4. The number of hydrazone groups is 1. The Bertz CT molecular complexity index is 723. The molecule has 0 unspecified atom stereocenters. The Labute approximate surface area is 151 Å². The number of nitrogens with zero attached hydrogens (tertiary/aromatic N) is 1. The summed E-state index contributed by atoms with van der Waals surface area (Å²) in [4.78, 5) is 0. The molecule has 126 valence electrons. The number of hydrogen-bond donors (Lipinski definition) is 2. The minimum atomic E-state index is 0.405. The van der Waals surface area contributed by atoms with Crippen LogP contribution in [-0.2, 0) is 6.61 Å². The van der Waals surface area contributed by atoms with Crippen LogP contribution in [0.1, 0.15) is 11.1 Å². The van der Waals surface area contributed by atoms with Gasteiger partial charge in [-0.3, -0.25) is 5.43 Å². The highest BCUT2D eigenvalue weighted by Crippen LogP contribution is 2.36. The van der Waals surface area contributed by atoms with Crippen LogP contribution >= 0.6 is 23.8 Å². The van der Waals surface area contributed by atoms with Crippen LogP contribution in [-0.4, -0.2) is 25.5 Å². The highest BCUT2D eigenvalue weighted by atomic mass is 35.5. The number of ether oxygens (including phenoxy) is 2. The lowest BCUT2D eigenvalue weighted by atomic mass is 10.2. The maximum absolute atomic E-state index is 6.32. The van der Waals surface area contributed by atoms with Crippen molar-refractivity contribution in [1.29, 1.82) is 0 Å². The Morgan fingerprint density at radius 1 is 1.29 bits per heavy atom. The van der Waals surface area contributed by atoms with Crippen molar-refractivity contribution in [1.82, 2.24) is 10.7 Å². The Hall–Kier alpha value is -2.31. The molecule has 2 rings (SSSR count). The molecule has 7 heteroatoms. The van der Waals surface area contributed by atoms with E-state index in [-0.39, 0.29) is 0 Å². The number of rotatable bonds is 6. The maximum Gasteiger partial charge on any atom is 0.186 e. The Balaban J connectivity index is 2.13. The van der Waals surface area contributed by atoms with Gasteiger partial charge in [0.2, 0.25) is 0 Å². The number of halogens is 1. The first-order chi connectivity index (χ1) is 11.6. The topological polar surface area (TPSA) is 54.9 Å². The molecule has 2 aromatic rings. The third-order valence-electron chi connectivity index (χ3n) is 3.08. The van der Waals surface area contributed by atoms with E-state index in [9.17, 15) is 0 Å². The van der Waals surface area contributed by atoms with Gasteiger partial charge in [0.25, 0.3) is 0 Å².